The number of ether oxygens (including phenoxy) is 5. The highest BCUT2D eigenvalue weighted by Gasteiger charge is 2.16. The summed E-state index contributed by atoms with van der Waals surface area (Å²) in [4.78, 5) is 0.194. The average Bonchev–Trinajstić information content (AvgIpc) is 2.94. The molecular formula is C28H40O11S2. The Morgan fingerprint density at radius 3 is 1.51 bits per heavy atom. The molecule has 41 heavy (non-hydrogen) atoms. The summed E-state index contributed by atoms with van der Waals surface area (Å²) >= 11 is 0. The van der Waals surface area contributed by atoms with Crippen molar-refractivity contribution in [2.24, 2.45) is 0 Å². The van der Waals surface area contributed by atoms with Crippen LogP contribution in [0.1, 0.15) is 11.1 Å². The Labute approximate surface area is 243 Å². The number of benzene rings is 2. The van der Waals surface area contributed by atoms with Crippen molar-refractivity contribution in [3.8, 4) is 0 Å². The summed E-state index contributed by atoms with van der Waals surface area (Å²) in [6.07, 6.45) is 1.25. The predicted molar refractivity (Wildman–Crippen MR) is 152 cm³/mol. The van der Waals surface area contributed by atoms with Crippen molar-refractivity contribution in [1.82, 2.24) is 0 Å². The second-order valence-electron chi connectivity index (χ2n) is 8.80. The van der Waals surface area contributed by atoms with Gasteiger partial charge in [-0.1, -0.05) is 41.5 Å². The summed E-state index contributed by atoms with van der Waals surface area (Å²) in [6, 6.07) is 12.8. The van der Waals surface area contributed by atoms with Gasteiger partial charge in [-0.05, 0) is 38.1 Å². The summed E-state index contributed by atoms with van der Waals surface area (Å²) in [5.41, 5.74) is 1.91. The van der Waals surface area contributed by atoms with Crippen LogP contribution in [-0.4, -0.2) is 95.6 Å². The van der Waals surface area contributed by atoms with Crippen molar-refractivity contribution in [2.75, 3.05) is 72.7 Å². The van der Waals surface area contributed by atoms with E-state index in [-0.39, 0.29) is 82.0 Å². The zero-order valence-electron chi connectivity index (χ0n) is 23.6. The Morgan fingerprint density at radius 1 is 0.610 bits per heavy atom. The van der Waals surface area contributed by atoms with Gasteiger partial charge in [-0.15, -0.1) is 6.58 Å². The van der Waals surface area contributed by atoms with E-state index in [1.165, 1.54) is 24.3 Å². The van der Waals surface area contributed by atoms with E-state index in [0.717, 1.165) is 11.1 Å². The SMILES string of the molecule is C=CCOCC(COCCOCCOS(=O)(=O)c1ccc(C)cc1)OCCOCCOS(=O)(=O)c1ccc(C)cc1. The molecule has 11 nitrogen and oxygen atoms in total. The van der Waals surface area contributed by atoms with Gasteiger partial charge in [0.15, 0.2) is 0 Å². The molecule has 0 saturated heterocycles. The summed E-state index contributed by atoms with van der Waals surface area (Å²) in [5.74, 6) is 0. The number of aryl methyl sites for hydroxylation is 2. The van der Waals surface area contributed by atoms with Gasteiger partial charge >= 0.3 is 0 Å². The van der Waals surface area contributed by atoms with Crippen molar-refractivity contribution < 1.29 is 48.9 Å². The first-order valence-corrected chi connectivity index (χ1v) is 15.9. The van der Waals surface area contributed by atoms with Crippen LogP contribution < -0.4 is 0 Å². The summed E-state index contributed by atoms with van der Waals surface area (Å²) in [5, 5.41) is 0. The highest BCUT2D eigenvalue weighted by atomic mass is 32.2. The minimum atomic E-state index is -3.83. The van der Waals surface area contributed by atoms with E-state index >= 15 is 0 Å². The van der Waals surface area contributed by atoms with Gasteiger partial charge in [-0.3, -0.25) is 8.37 Å². The summed E-state index contributed by atoms with van der Waals surface area (Å²) < 4.78 is 86.2. The van der Waals surface area contributed by atoms with Crippen molar-refractivity contribution in [3.05, 3.63) is 72.3 Å². The van der Waals surface area contributed by atoms with Gasteiger partial charge < -0.3 is 23.7 Å². The van der Waals surface area contributed by atoms with Crippen molar-refractivity contribution in [1.29, 1.82) is 0 Å². The van der Waals surface area contributed by atoms with Crippen LogP contribution in [0, 0.1) is 13.8 Å². The molecule has 0 bridgehead atoms. The molecule has 0 fully saturated rings. The maximum Gasteiger partial charge on any atom is 0.297 e. The molecule has 2 aromatic rings. The Balaban J connectivity index is 1.56. The maximum atomic E-state index is 12.2. The first-order valence-electron chi connectivity index (χ1n) is 13.1. The lowest BCUT2D eigenvalue weighted by atomic mass is 10.2. The Bertz CT molecular complexity index is 1210. The Hall–Kier alpha value is -2.20. The van der Waals surface area contributed by atoms with Crippen LogP contribution in [0.2, 0.25) is 0 Å². The highest BCUT2D eigenvalue weighted by Crippen LogP contribution is 2.14. The minimum absolute atomic E-state index is 0.0793. The van der Waals surface area contributed by atoms with Crippen LogP contribution in [0.4, 0.5) is 0 Å². The van der Waals surface area contributed by atoms with E-state index in [2.05, 4.69) is 6.58 Å². The molecule has 0 radical (unpaired) electrons. The Morgan fingerprint density at radius 2 is 1.02 bits per heavy atom. The predicted octanol–water partition coefficient (Wildman–Crippen LogP) is 3.05. The second-order valence-corrected chi connectivity index (χ2v) is 12.0. The van der Waals surface area contributed by atoms with E-state index in [9.17, 15) is 16.8 Å². The highest BCUT2D eigenvalue weighted by molar-refractivity contribution is 7.87. The number of hydrogen-bond donors (Lipinski definition) is 0. The van der Waals surface area contributed by atoms with Crippen LogP contribution in [0.5, 0.6) is 0 Å². The molecule has 0 N–H and O–H groups in total. The quantitative estimate of drug-likeness (QED) is 0.104. The fraction of sp³-hybridized carbons (Fsp3) is 0.500. The maximum absolute atomic E-state index is 12.2. The fourth-order valence-corrected chi connectivity index (χ4v) is 4.97. The molecule has 1 atom stereocenters. The molecule has 2 aromatic carbocycles. The zero-order valence-corrected chi connectivity index (χ0v) is 25.2. The number of hydrogen-bond acceptors (Lipinski definition) is 11. The molecule has 0 heterocycles. The zero-order chi connectivity index (χ0) is 30.0. The molecule has 1 unspecified atom stereocenters. The van der Waals surface area contributed by atoms with Crippen molar-refractivity contribution >= 4 is 20.2 Å². The summed E-state index contributed by atoms with van der Waals surface area (Å²) in [6.45, 7) is 9.11. The molecule has 0 saturated carbocycles. The third kappa shape index (κ3) is 14.5. The van der Waals surface area contributed by atoms with Crippen LogP contribution >= 0.6 is 0 Å². The van der Waals surface area contributed by atoms with Gasteiger partial charge in [0.25, 0.3) is 20.2 Å². The second kappa shape index (κ2) is 19.1. The van der Waals surface area contributed by atoms with E-state index < -0.39 is 20.2 Å². The first kappa shape index (κ1) is 35.0. The third-order valence-corrected chi connectivity index (χ3v) is 8.00. The molecule has 0 aliphatic rings. The molecule has 0 amide bonds. The van der Waals surface area contributed by atoms with Crippen LogP contribution in [0.3, 0.4) is 0 Å². The molecule has 13 heteroatoms. The van der Waals surface area contributed by atoms with Gasteiger partial charge in [-0.25, -0.2) is 0 Å². The molecule has 0 aliphatic carbocycles. The van der Waals surface area contributed by atoms with E-state index in [0.29, 0.717) is 6.61 Å². The van der Waals surface area contributed by atoms with Crippen molar-refractivity contribution in [2.45, 2.75) is 29.7 Å². The lowest BCUT2D eigenvalue weighted by Gasteiger charge is -2.18. The molecule has 0 aromatic heterocycles. The Kier molecular flexibility index (Phi) is 16.3. The monoisotopic (exact) mass is 616 g/mol. The topological polar surface area (TPSA) is 133 Å². The molecule has 230 valence electrons. The van der Waals surface area contributed by atoms with Crippen LogP contribution in [-0.2, 0) is 52.3 Å². The van der Waals surface area contributed by atoms with Crippen LogP contribution in [0.25, 0.3) is 0 Å². The minimum Gasteiger partial charge on any atom is -0.377 e. The molecule has 2 rings (SSSR count). The van der Waals surface area contributed by atoms with Crippen LogP contribution in [0.15, 0.2) is 71.0 Å². The third-order valence-electron chi connectivity index (χ3n) is 5.35. The van der Waals surface area contributed by atoms with Crippen molar-refractivity contribution in [3.63, 3.8) is 0 Å². The molecular weight excluding hydrogens is 576 g/mol. The van der Waals surface area contributed by atoms with Gasteiger partial charge in [0.05, 0.1) is 82.5 Å². The fourth-order valence-electron chi connectivity index (χ4n) is 3.19. The largest absolute Gasteiger partial charge is 0.377 e. The van der Waals surface area contributed by atoms with Gasteiger partial charge in [0, 0.05) is 0 Å². The van der Waals surface area contributed by atoms with Gasteiger partial charge in [0.1, 0.15) is 6.10 Å². The smallest absolute Gasteiger partial charge is 0.297 e. The molecule has 0 spiro atoms. The number of rotatable bonds is 23. The lowest BCUT2D eigenvalue weighted by Crippen LogP contribution is -2.28. The van der Waals surface area contributed by atoms with E-state index in [4.69, 9.17) is 32.1 Å². The standard InChI is InChI=1S/C28H40O11S2/c1-4-13-35-22-26(37-19-16-34-18-21-39-41(31,32)28-11-7-25(3)8-12-28)23-36-15-14-33-17-20-38-40(29,30)27-9-5-24(2)6-10-27/h4-12,26H,1,13-23H2,2-3H3. The molecule has 0 aliphatic heterocycles. The van der Waals surface area contributed by atoms with Gasteiger partial charge in [0.2, 0.25) is 0 Å². The first-order chi connectivity index (χ1) is 19.6. The normalized spacial score (nSPS) is 12.8. The van der Waals surface area contributed by atoms with Gasteiger partial charge in [-0.2, -0.15) is 16.8 Å². The summed E-state index contributed by atoms with van der Waals surface area (Å²) in [7, 11) is -7.66. The van der Waals surface area contributed by atoms with E-state index in [1.54, 1.807) is 30.3 Å². The average molecular weight is 617 g/mol. The van der Waals surface area contributed by atoms with E-state index in [1.807, 2.05) is 13.8 Å². The lowest BCUT2D eigenvalue weighted by molar-refractivity contribution is -0.0768.